The van der Waals surface area contributed by atoms with E-state index in [-0.39, 0.29) is 36.8 Å². The van der Waals surface area contributed by atoms with E-state index in [2.05, 4.69) is 21.2 Å². The van der Waals surface area contributed by atoms with Gasteiger partial charge in [0.15, 0.2) is 6.61 Å². The highest BCUT2D eigenvalue weighted by Gasteiger charge is 2.27. The highest BCUT2D eigenvalue weighted by molar-refractivity contribution is 9.10. The molecule has 2 rings (SSSR count). The van der Waals surface area contributed by atoms with Gasteiger partial charge in [-0.3, -0.25) is 9.59 Å². The molecular formula is C23H28BrFN2O3. The standard InChI is InChI=1S/C23H28BrFN2O3/c1-5-16(3)26-23(29)17(4)27(13-18-6-8-19(25)9-7-18)22(28)14-30-20-10-11-21(24)15(2)12-20/h6-12,16-17H,5,13-14H2,1-4H3,(H,26,29)/t16-,17+/m1/s1. The molecule has 162 valence electrons. The molecule has 5 nitrogen and oxygen atoms in total. The van der Waals surface area contributed by atoms with Gasteiger partial charge in [-0.2, -0.15) is 0 Å². The number of rotatable bonds is 9. The summed E-state index contributed by atoms with van der Waals surface area (Å²) in [5, 5.41) is 2.91. The summed E-state index contributed by atoms with van der Waals surface area (Å²) in [5.74, 6) is -0.346. The van der Waals surface area contributed by atoms with Crippen molar-refractivity contribution < 1.29 is 18.7 Å². The Labute approximate surface area is 185 Å². The van der Waals surface area contributed by atoms with Crippen molar-refractivity contribution in [2.45, 2.75) is 52.7 Å². The first-order valence-electron chi connectivity index (χ1n) is 9.94. The smallest absolute Gasteiger partial charge is 0.261 e. The Morgan fingerprint density at radius 1 is 1.17 bits per heavy atom. The molecule has 0 saturated carbocycles. The highest BCUT2D eigenvalue weighted by Crippen LogP contribution is 2.22. The SMILES string of the molecule is CC[C@@H](C)NC(=O)[C@H](C)N(Cc1ccc(F)cc1)C(=O)COc1ccc(Br)c(C)c1. The molecule has 2 aromatic rings. The number of halogens is 2. The number of hydrogen-bond donors (Lipinski definition) is 1. The summed E-state index contributed by atoms with van der Waals surface area (Å²) in [7, 11) is 0. The number of ether oxygens (including phenoxy) is 1. The van der Waals surface area contributed by atoms with Gasteiger partial charge in [0.05, 0.1) is 0 Å². The number of carbonyl (C=O) groups excluding carboxylic acids is 2. The Morgan fingerprint density at radius 2 is 1.83 bits per heavy atom. The second kappa shape index (κ2) is 11.1. The van der Waals surface area contributed by atoms with E-state index in [0.29, 0.717) is 5.75 Å². The lowest BCUT2D eigenvalue weighted by atomic mass is 10.1. The number of nitrogens with one attached hydrogen (secondary N) is 1. The summed E-state index contributed by atoms with van der Waals surface area (Å²) in [6.45, 7) is 7.48. The summed E-state index contributed by atoms with van der Waals surface area (Å²) in [6, 6.07) is 10.6. The first-order valence-corrected chi connectivity index (χ1v) is 10.7. The molecule has 0 spiro atoms. The molecule has 0 aliphatic heterocycles. The van der Waals surface area contributed by atoms with Crippen LogP contribution in [0.15, 0.2) is 46.9 Å². The summed E-state index contributed by atoms with van der Waals surface area (Å²) in [4.78, 5) is 27.1. The molecule has 0 aliphatic rings. The predicted octanol–water partition coefficient (Wildman–Crippen LogP) is 4.61. The third-order valence-electron chi connectivity index (χ3n) is 4.93. The van der Waals surface area contributed by atoms with E-state index in [4.69, 9.17) is 4.74 Å². The molecule has 0 saturated heterocycles. The lowest BCUT2D eigenvalue weighted by Crippen LogP contribution is -2.50. The second-order valence-corrected chi connectivity index (χ2v) is 8.20. The third kappa shape index (κ3) is 6.83. The van der Waals surface area contributed by atoms with Crippen LogP contribution in [0.2, 0.25) is 0 Å². The minimum absolute atomic E-state index is 0.00436. The van der Waals surface area contributed by atoms with Crippen LogP contribution in [0.25, 0.3) is 0 Å². The fraction of sp³-hybridized carbons (Fsp3) is 0.391. The van der Waals surface area contributed by atoms with E-state index in [1.165, 1.54) is 17.0 Å². The van der Waals surface area contributed by atoms with Crippen LogP contribution < -0.4 is 10.1 Å². The van der Waals surface area contributed by atoms with Crippen LogP contribution >= 0.6 is 15.9 Å². The second-order valence-electron chi connectivity index (χ2n) is 7.34. The van der Waals surface area contributed by atoms with Crippen LogP contribution in [0.3, 0.4) is 0 Å². The van der Waals surface area contributed by atoms with E-state index in [1.807, 2.05) is 32.9 Å². The largest absolute Gasteiger partial charge is 0.484 e. The van der Waals surface area contributed by atoms with Crippen LogP contribution in [-0.4, -0.2) is 35.4 Å². The molecule has 0 bridgehead atoms. The van der Waals surface area contributed by atoms with Crippen LogP contribution in [0.1, 0.15) is 38.3 Å². The van der Waals surface area contributed by atoms with E-state index >= 15 is 0 Å². The number of carbonyl (C=O) groups is 2. The van der Waals surface area contributed by atoms with Gasteiger partial charge in [-0.15, -0.1) is 0 Å². The quantitative estimate of drug-likeness (QED) is 0.572. The van der Waals surface area contributed by atoms with Crippen LogP contribution in [0, 0.1) is 12.7 Å². The topological polar surface area (TPSA) is 58.6 Å². The molecule has 2 aromatic carbocycles. The Balaban J connectivity index is 2.15. The Hall–Kier alpha value is -2.41. The molecular weight excluding hydrogens is 451 g/mol. The number of amides is 2. The van der Waals surface area contributed by atoms with Crippen molar-refractivity contribution >= 4 is 27.7 Å². The molecule has 0 aromatic heterocycles. The van der Waals surface area contributed by atoms with Crippen molar-refractivity contribution in [1.29, 1.82) is 0 Å². The number of nitrogens with zero attached hydrogens (tertiary/aromatic N) is 1. The van der Waals surface area contributed by atoms with Gasteiger partial charge < -0.3 is 15.0 Å². The van der Waals surface area contributed by atoms with Crippen LogP contribution in [0.5, 0.6) is 5.75 Å². The van der Waals surface area contributed by atoms with Crippen molar-refractivity contribution in [3.63, 3.8) is 0 Å². The Morgan fingerprint density at radius 3 is 2.43 bits per heavy atom. The monoisotopic (exact) mass is 478 g/mol. The minimum atomic E-state index is -0.702. The maximum Gasteiger partial charge on any atom is 0.261 e. The summed E-state index contributed by atoms with van der Waals surface area (Å²) in [6.07, 6.45) is 0.788. The molecule has 0 unspecified atom stereocenters. The van der Waals surface area contributed by atoms with Gasteiger partial charge in [-0.05, 0) is 68.7 Å². The van der Waals surface area contributed by atoms with E-state index in [0.717, 1.165) is 22.0 Å². The van der Waals surface area contributed by atoms with E-state index in [1.54, 1.807) is 25.1 Å². The lowest BCUT2D eigenvalue weighted by Gasteiger charge is -2.29. The molecule has 0 aliphatic carbocycles. The number of hydrogen-bond acceptors (Lipinski definition) is 3. The first kappa shape index (κ1) is 23.9. The van der Waals surface area contributed by atoms with Crippen LogP contribution in [0.4, 0.5) is 4.39 Å². The van der Waals surface area contributed by atoms with Gasteiger partial charge in [0.2, 0.25) is 5.91 Å². The van der Waals surface area contributed by atoms with Gasteiger partial charge >= 0.3 is 0 Å². The Kier molecular flexibility index (Phi) is 8.84. The zero-order chi connectivity index (χ0) is 22.3. The Bertz CT molecular complexity index is 873. The molecule has 30 heavy (non-hydrogen) atoms. The van der Waals surface area contributed by atoms with Crippen molar-refractivity contribution in [3.8, 4) is 5.75 Å². The van der Waals surface area contributed by atoms with Crippen LogP contribution in [-0.2, 0) is 16.1 Å². The van der Waals surface area contributed by atoms with Gasteiger partial charge in [0.1, 0.15) is 17.6 Å². The number of benzene rings is 2. The number of aryl methyl sites for hydroxylation is 1. The molecule has 1 N–H and O–H groups in total. The van der Waals surface area contributed by atoms with Crippen molar-refractivity contribution in [3.05, 3.63) is 63.9 Å². The molecule has 0 heterocycles. The fourth-order valence-corrected chi connectivity index (χ4v) is 3.02. The maximum atomic E-state index is 13.3. The molecule has 7 heteroatoms. The van der Waals surface area contributed by atoms with Gasteiger partial charge in [0.25, 0.3) is 5.91 Å². The molecule has 0 radical (unpaired) electrons. The van der Waals surface area contributed by atoms with Crippen molar-refractivity contribution in [1.82, 2.24) is 10.2 Å². The third-order valence-corrected chi connectivity index (χ3v) is 5.82. The van der Waals surface area contributed by atoms with E-state index < -0.39 is 6.04 Å². The fourth-order valence-electron chi connectivity index (χ4n) is 2.77. The zero-order valence-corrected chi connectivity index (χ0v) is 19.3. The van der Waals surface area contributed by atoms with Gasteiger partial charge in [0, 0.05) is 17.1 Å². The van der Waals surface area contributed by atoms with Crippen molar-refractivity contribution in [2.24, 2.45) is 0 Å². The normalized spacial score (nSPS) is 12.7. The average Bonchev–Trinajstić information content (AvgIpc) is 2.73. The zero-order valence-electron chi connectivity index (χ0n) is 17.7. The maximum absolute atomic E-state index is 13.3. The summed E-state index contributed by atoms with van der Waals surface area (Å²) in [5.41, 5.74) is 1.72. The van der Waals surface area contributed by atoms with Gasteiger partial charge in [-0.25, -0.2) is 4.39 Å². The average molecular weight is 479 g/mol. The minimum Gasteiger partial charge on any atom is -0.484 e. The highest BCUT2D eigenvalue weighted by atomic mass is 79.9. The lowest BCUT2D eigenvalue weighted by molar-refractivity contribution is -0.142. The van der Waals surface area contributed by atoms with Gasteiger partial charge in [-0.1, -0.05) is 35.0 Å². The van der Waals surface area contributed by atoms with E-state index in [9.17, 15) is 14.0 Å². The molecule has 2 atom stereocenters. The summed E-state index contributed by atoms with van der Waals surface area (Å²) < 4.78 is 19.9. The molecule has 2 amide bonds. The molecule has 0 fully saturated rings. The predicted molar refractivity (Wildman–Crippen MR) is 119 cm³/mol. The first-order chi connectivity index (χ1) is 14.2. The van der Waals surface area contributed by atoms with Crippen molar-refractivity contribution in [2.75, 3.05) is 6.61 Å². The summed E-state index contributed by atoms with van der Waals surface area (Å²) >= 11 is 3.43.